The van der Waals surface area contributed by atoms with E-state index in [0.717, 1.165) is 36.2 Å². The van der Waals surface area contributed by atoms with E-state index in [2.05, 4.69) is 48.7 Å². The zero-order chi connectivity index (χ0) is 13.1. The van der Waals surface area contributed by atoms with Crippen LogP contribution in [-0.4, -0.2) is 36.2 Å². The van der Waals surface area contributed by atoms with Crippen molar-refractivity contribution >= 4 is 56.7 Å². The van der Waals surface area contributed by atoms with Crippen LogP contribution in [0.25, 0.3) is 0 Å². The lowest BCUT2D eigenvalue weighted by atomic mass is 10.0. The number of phenols is 1. The van der Waals surface area contributed by atoms with E-state index < -0.39 is 0 Å². The van der Waals surface area contributed by atoms with Crippen LogP contribution in [0.2, 0.25) is 0 Å². The Labute approximate surface area is 148 Å². The predicted octanol–water partition coefficient (Wildman–Crippen LogP) is 3.89. The van der Waals surface area contributed by atoms with Gasteiger partial charge in [-0.15, -0.1) is 31.4 Å². The molecule has 2 rings (SSSR count). The summed E-state index contributed by atoms with van der Waals surface area (Å²) in [7, 11) is 0. The van der Waals surface area contributed by atoms with E-state index in [1.165, 1.54) is 0 Å². The number of piperazine rings is 1. The summed E-state index contributed by atoms with van der Waals surface area (Å²) in [5, 5.41) is 13.5. The van der Waals surface area contributed by atoms with E-state index in [1.807, 2.05) is 18.2 Å². The molecule has 0 radical (unpaired) electrons. The van der Waals surface area contributed by atoms with Gasteiger partial charge >= 0.3 is 0 Å². The summed E-state index contributed by atoms with van der Waals surface area (Å²) in [6, 6.07) is 3.84. The molecule has 1 aliphatic rings. The molecule has 0 saturated carbocycles. The fraction of sp³-hybridized carbons (Fsp3) is 0.385. The molecule has 1 aromatic carbocycles. The third-order valence-electron chi connectivity index (χ3n) is 3.14. The first-order chi connectivity index (χ1) is 8.63. The van der Waals surface area contributed by atoms with Crippen molar-refractivity contribution in [2.75, 3.05) is 26.2 Å². The minimum atomic E-state index is 0. The number of phenolic OH excluding ortho intramolecular Hbond substituents is 1. The number of benzene rings is 1. The highest BCUT2D eigenvalue weighted by Crippen LogP contribution is 2.37. The Morgan fingerprint density at radius 2 is 1.85 bits per heavy atom. The molecule has 1 fully saturated rings. The highest BCUT2D eigenvalue weighted by atomic mass is 79.9. The van der Waals surface area contributed by atoms with Gasteiger partial charge in [0.2, 0.25) is 0 Å². The Balaban J connectivity index is 0.00000180. The summed E-state index contributed by atoms with van der Waals surface area (Å²) in [6.07, 6.45) is 1.89. The van der Waals surface area contributed by atoms with Gasteiger partial charge in [-0.25, -0.2) is 0 Å². The molecule has 0 spiro atoms. The van der Waals surface area contributed by atoms with Crippen molar-refractivity contribution in [3.8, 4) is 5.75 Å². The van der Waals surface area contributed by atoms with Crippen molar-refractivity contribution in [2.24, 2.45) is 0 Å². The molecule has 114 valence electrons. The zero-order valence-electron chi connectivity index (χ0n) is 10.8. The Hall–Kier alpha value is 0.220. The average Bonchev–Trinajstić information content (AvgIpc) is 2.37. The second-order valence-electron chi connectivity index (χ2n) is 4.29. The van der Waals surface area contributed by atoms with Crippen LogP contribution in [0.3, 0.4) is 0 Å². The van der Waals surface area contributed by atoms with Gasteiger partial charge in [-0.2, -0.15) is 0 Å². The smallest absolute Gasteiger partial charge is 0.134 e. The first kappa shape index (κ1) is 20.2. The maximum atomic E-state index is 10.2. The number of rotatable bonds is 3. The van der Waals surface area contributed by atoms with Crippen molar-refractivity contribution < 1.29 is 5.11 Å². The Morgan fingerprint density at radius 3 is 2.40 bits per heavy atom. The molecule has 20 heavy (non-hydrogen) atoms. The van der Waals surface area contributed by atoms with Crippen molar-refractivity contribution in [2.45, 2.75) is 6.04 Å². The van der Waals surface area contributed by atoms with E-state index in [-0.39, 0.29) is 30.9 Å². The maximum absolute atomic E-state index is 10.2. The fourth-order valence-electron chi connectivity index (χ4n) is 2.24. The van der Waals surface area contributed by atoms with Gasteiger partial charge in [-0.05, 0) is 28.1 Å². The van der Waals surface area contributed by atoms with Gasteiger partial charge in [0.25, 0.3) is 0 Å². The molecule has 1 heterocycles. The van der Waals surface area contributed by atoms with Crippen LogP contribution in [0.1, 0.15) is 11.6 Å². The van der Waals surface area contributed by atoms with E-state index in [9.17, 15) is 5.11 Å². The summed E-state index contributed by atoms with van der Waals surface area (Å²) in [5.41, 5.74) is 0.883. The molecule has 0 amide bonds. The maximum Gasteiger partial charge on any atom is 0.134 e. The van der Waals surface area contributed by atoms with E-state index >= 15 is 0 Å². The number of hydrogen-bond acceptors (Lipinski definition) is 3. The number of nitrogens with one attached hydrogen (secondary N) is 1. The molecule has 1 atom stereocenters. The van der Waals surface area contributed by atoms with E-state index in [4.69, 9.17) is 0 Å². The molecular weight excluding hydrogens is 431 g/mol. The molecule has 1 saturated heterocycles. The van der Waals surface area contributed by atoms with Gasteiger partial charge in [0.1, 0.15) is 5.75 Å². The second kappa shape index (κ2) is 9.28. The van der Waals surface area contributed by atoms with Crippen LogP contribution in [0.5, 0.6) is 5.75 Å². The topological polar surface area (TPSA) is 35.5 Å². The van der Waals surface area contributed by atoms with Crippen molar-refractivity contribution in [1.82, 2.24) is 10.2 Å². The van der Waals surface area contributed by atoms with Crippen molar-refractivity contribution in [3.63, 3.8) is 0 Å². The largest absolute Gasteiger partial charge is 0.506 e. The van der Waals surface area contributed by atoms with Crippen molar-refractivity contribution in [3.05, 3.63) is 39.3 Å². The zero-order valence-corrected chi connectivity index (χ0v) is 15.6. The SMILES string of the molecule is C=C[C@@H](c1cc(Br)cc(Br)c1O)N1CCNCC1.Cl.Cl. The van der Waals surface area contributed by atoms with Gasteiger partial charge in [-0.1, -0.05) is 22.0 Å². The molecule has 0 aliphatic carbocycles. The summed E-state index contributed by atoms with van der Waals surface area (Å²) >= 11 is 6.84. The molecule has 0 aromatic heterocycles. The normalized spacial score (nSPS) is 16.7. The van der Waals surface area contributed by atoms with Gasteiger partial charge in [0, 0.05) is 36.2 Å². The van der Waals surface area contributed by atoms with Gasteiger partial charge < -0.3 is 10.4 Å². The Morgan fingerprint density at radius 1 is 1.25 bits per heavy atom. The molecule has 3 nitrogen and oxygen atoms in total. The second-order valence-corrected chi connectivity index (χ2v) is 6.06. The minimum Gasteiger partial charge on any atom is -0.506 e. The van der Waals surface area contributed by atoms with Gasteiger partial charge in [0.15, 0.2) is 0 Å². The number of aromatic hydroxyl groups is 1. The van der Waals surface area contributed by atoms with Gasteiger partial charge in [0.05, 0.1) is 10.5 Å². The molecule has 2 N–H and O–H groups in total. The third kappa shape index (κ3) is 4.61. The molecular formula is C13H18Br2Cl2N2O. The Bertz CT molecular complexity index is 454. The number of halogens is 4. The Kier molecular flexibility index (Phi) is 9.38. The fourth-order valence-corrected chi connectivity index (χ4v) is 3.50. The molecule has 7 heteroatoms. The monoisotopic (exact) mass is 446 g/mol. The summed E-state index contributed by atoms with van der Waals surface area (Å²) in [5.74, 6) is 0.293. The lowest BCUT2D eigenvalue weighted by Crippen LogP contribution is -2.44. The number of hydrogen-bond donors (Lipinski definition) is 2. The first-order valence-electron chi connectivity index (χ1n) is 5.88. The van der Waals surface area contributed by atoms with Crippen LogP contribution < -0.4 is 5.32 Å². The van der Waals surface area contributed by atoms with Crippen LogP contribution in [-0.2, 0) is 0 Å². The average molecular weight is 449 g/mol. The molecule has 1 aliphatic heterocycles. The lowest BCUT2D eigenvalue weighted by Gasteiger charge is -2.33. The van der Waals surface area contributed by atoms with Gasteiger partial charge in [-0.3, -0.25) is 4.90 Å². The third-order valence-corrected chi connectivity index (χ3v) is 4.21. The van der Waals surface area contributed by atoms with E-state index in [0.29, 0.717) is 10.2 Å². The van der Waals surface area contributed by atoms with Crippen LogP contribution in [0, 0.1) is 0 Å². The standard InChI is InChI=1S/C13H16Br2N2O.2ClH/c1-2-12(17-5-3-16-4-6-17)10-7-9(14)8-11(15)13(10)18;;/h2,7-8,12,16,18H,1,3-6H2;2*1H/t12-;;/m0../s1. The van der Waals surface area contributed by atoms with Crippen molar-refractivity contribution in [1.29, 1.82) is 0 Å². The van der Waals surface area contributed by atoms with E-state index in [1.54, 1.807) is 0 Å². The van der Waals surface area contributed by atoms with Crippen LogP contribution in [0.15, 0.2) is 33.7 Å². The quantitative estimate of drug-likeness (QED) is 0.688. The highest BCUT2D eigenvalue weighted by Gasteiger charge is 2.23. The first-order valence-corrected chi connectivity index (χ1v) is 7.47. The van der Waals surface area contributed by atoms with Crippen LogP contribution in [0.4, 0.5) is 0 Å². The molecule has 0 bridgehead atoms. The lowest BCUT2D eigenvalue weighted by molar-refractivity contribution is 0.201. The molecule has 0 unspecified atom stereocenters. The van der Waals surface area contributed by atoms with Crippen LogP contribution >= 0.6 is 56.7 Å². The minimum absolute atomic E-state index is 0. The summed E-state index contributed by atoms with van der Waals surface area (Å²) in [6.45, 7) is 7.77. The molecule has 1 aromatic rings. The number of nitrogens with zero attached hydrogens (tertiary/aromatic N) is 1. The summed E-state index contributed by atoms with van der Waals surface area (Å²) in [4.78, 5) is 2.32. The summed E-state index contributed by atoms with van der Waals surface area (Å²) < 4.78 is 1.65. The predicted molar refractivity (Wildman–Crippen MR) is 95.4 cm³/mol. The highest BCUT2D eigenvalue weighted by molar-refractivity contribution is 9.11.